The van der Waals surface area contributed by atoms with Gasteiger partial charge in [-0.15, -0.1) is 0 Å². The lowest BCUT2D eigenvalue weighted by atomic mass is 10.3. The number of aliphatic hydroxyl groups is 1. The van der Waals surface area contributed by atoms with Crippen LogP contribution in [0.15, 0.2) is 18.2 Å². The third-order valence-electron chi connectivity index (χ3n) is 2.66. The molecule has 0 bridgehead atoms. The van der Waals surface area contributed by atoms with Crippen LogP contribution >= 0.6 is 11.8 Å². The summed E-state index contributed by atoms with van der Waals surface area (Å²) in [6.45, 7) is 0.689. The van der Waals surface area contributed by atoms with E-state index in [0.29, 0.717) is 11.3 Å². The topological polar surface area (TPSA) is 38.0 Å². The summed E-state index contributed by atoms with van der Waals surface area (Å²) in [6.07, 6.45) is 3.07. The Morgan fingerprint density at radius 3 is 3.00 bits per heavy atom. The standard InChI is InChI=1S/C12H15FN2OS/c1-17-6-2-5-15-11-4-3-9(13)7-10(11)14-12(15)8-16/h3-4,7,16H,2,5-6,8H2,1H3. The highest BCUT2D eigenvalue weighted by Gasteiger charge is 2.10. The predicted molar refractivity (Wildman–Crippen MR) is 68.6 cm³/mol. The average Bonchev–Trinajstić information content (AvgIpc) is 2.67. The highest BCUT2D eigenvalue weighted by atomic mass is 32.2. The zero-order chi connectivity index (χ0) is 12.3. The van der Waals surface area contributed by atoms with E-state index < -0.39 is 0 Å². The van der Waals surface area contributed by atoms with Crippen molar-refractivity contribution in [1.29, 1.82) is 0 Å². The number of benzene rings is 1. The summed E-state index contributed by atoms with van der Waals surface area (Å²) in [5.41, 5.74) is 1.50. The van der Waals surface area contributed by atoms with Crippen molar-refractivity contribution in [2.45, 2.75) is 19.6 Å². The molecule has 0 aliphatic carbocycles. The van der Waals surface area contributed by atoms with Gasteiger partial charge >= 0.3 is 0 Å². The van der Waals surface area contributed by atoms with Crippen molar-refractivity contribution >= 4 is 22.8 Å². The van der Waals surface area contributed by atoms with E-state index in [-0.39, 0.29) is 12.4 Å². The first-order valence-electron chi connectivity index (χ1n) is 5.50. The Balaban J connectivity index is 2.36. The summed E-state index contributed by atoms with van der Waals surface area (Å²) >= 11 is 1.79. The number of aliphatic hydroxyl groups excluding tert-OH is 1. The van der Waals surface area contributed by atoms with E-state index in [1.54, 1.807) is 17.8 Å². The van der Waals surface area contributed by atoms with Crippen molar-refractivity contribution in [3.8, 4) is 0 Å². The largest absolute Gasteiger partial charge is 0.388 e. The number of hydrogen-bond acceptors (Lipinski definition) is 3. The lowest BCUT2D eigenvalue weighted by Gasteiger charge is -2.06. The first-order valence-corrected chi connectivity index (χ1v) is 6.90. The first-order chi connectivity index (χ1) is 8.26. The van der Waals surface area contributed by atoms with Crippen LogP contribution in [0, 0.1) is 5.82 Å². The molecule has 3 nitrogen and oxygen atoms in total. The summed E-state index contributed by atoms with van der Waals surface area (Å²) in [6, 6.07) is 4.55. The molecule has 0 radical (unpaired) electrons. The van der Waals surface area contributed by atoms with Crippen LogP contribution in [0.4, 0.5) is 4.39 Å². The average molecular weight is 254 g/mol. The lowest BCUT2D eigenvalue weighted by Crippen LogP contribution is -2.04. The van der Waals surface area contributed by atoms with E-state index in [4.69, 9.17) is 0 Å². The van der Waals surface area contributed by atoms with Gasteiger partial charge in [0.1, 0.15) is 18.2 Å². The number of rotatable bonds is 5. The third kappa shape index (κ3) is 2.61. The molecule has 0 spiro atoms. The molecular formula is C12H15FN2OS. The quantitative estimate of drug-likeness (QED) is 0.833. The molecule has 0 saturated carbocycles. The van der Waals surface area contributed by atoms with Crippen LogP contribution in [0.25, 0.3) is 11.0 Å². The Bertz CT molecular complexity index is 512. The Morgan fingerprint density at radius 2 is 2.29 bits per heavy atom. The molecule has 92 valence electrons. The summed E-state index contributed by atoms with van der Waals surface area (Å²) in [7, 11) is 0. The van der Waals surface area contributed by atoms with Gasteiger partial charge in [-0.05, 0) is 30.6 Å². The zero-order valence-electron chi connectivity index (χ0n) is 9.69. The van der Waals surface area contributed by atoms with Gasteiger partial charge in [0.25, 0.3) is 0 Å². The molecule has 0 amide bonds. The van der Waals surface area contributed by atoms with Gasteiger partial charge < -0.3 is 9.67 Å². The number of nitrogens with zero attached hydrogens (tertiary/aromatic N) is 2. The highest BCUT2D eigenvalue weighted by Crippen LogP contribution is 2.18. The Morgan fingerprint density at radius 1 is 1.47 bits per heavy atom. The van der Waals surface area contributed by atoms with Crippen LogP contribution in [-0.4, -0.2) is 26.7 Å². The molecule has 17 heavy (non-hydrogen) atoms. The van der Waals surface area contributed by atoms with Crippen molar-refractivity contribution in [2.75, 3.05) is 12.0 Å². The minimum absolute atomic E-state index is 0.116. The minimum Gasteiger partial charge on any atom is -0.388 e. The molecular weight excluding hydrogens is 239 g/mol. The Labute approximate surface area is 104 Å². The molecule has 0 atom stereocenters. The monoisotopic (exact) mass is 254 g/mol. The normalized spacial score (nSPS) is 11.2. The van der Waals surface area contributed by atoms with Gasteiger partial charge in [-0.3, -0.25) is 0 Å². The molecule has 0 aliphatic heterocycles. The number of thioether (sulfide) groups is 1. The lowest BCUT2D eigenvalue weighted by molar-refractivity contribution is 0.266. The maximum absolute atomic E-state index is 13.1. The van der Waals surface area contributed by atoms with Crippen molar-refractivity contribution in [3.63, 3.8) is 0 Å². The minimum atomic E-state index is -0.296. The van der Waals surface area contributed by atoms with Gasteiger partial charge in [0.2, 0.25) is 0 Å². The third-order valence-corrected chi connectivity index (χ3v) is 3.36. The van der Waals surface area contributed by atoms with Gasteiger partial charge in [-0.25, -0.2) is 9.37 Å². The van der Waals surface area contributed by atoms with Crippen LogP contribution in [0.3, 0.4) is 0 Å². The Kier molecular flexibility index (Phi) is 4.02. The second-order valence-corrected chi connectivity index (χ2v) is 4.80. The predicted octanol–water partition coefficient (Wildman–Crippen LogP) is 2.42. The van der Waals surface area contributed by atoms with Crippen LogP contribution < -0.4 is 0 Å². The first kappa shape index (κ1) is 12.4. The van der Waals surface area contributed by atoms with Crippen molar-refractivity contribution < 1.29 is 9.50 Å². The Hall–Kier alpha value is -1.07. The number of aryl methyl sites for hydroxylation is 1. The van der Waals surface area contributed by atoms with Gasteiger partial charge in [0.15, 0.2) is 0 Å². The number of imidazole rings is 1. The van der Waals surface area contributed by atoms with E-state index in [1.807, 2.05) is 4.57 Å². The number of fused-ring (bicyclic) bond motifs is 1. The molecule has 0 fully saturated rings. The molecule has 2 aromatic rings. The molecule has 2 rings (SSSR count). The second-order valence-electron chi connectivity index (χ2n) is 3.82. The fraction of sp³-hybridized carbons (Fsp3) is 0.417. The smallest absolute Gasteiger partial charge is 0.135 e. The summed E-state index contributed by atoms with van der Waals surface area (Å²) in [4.78, 5) is 4.24. The summed E-state index contributed by atoms with van der Waals surface area (Å²) in [5, 5.41) is 9.26. The van der Waals surface area contributed by atoms with Gasteiger partial charge in [-0.1, -0.05) is 0 Å². The van der Waals surface area contributed by atoms with Crippen molar-refractivity contribution in [3.05, 3.63) is 29.8 Å². The molecule has 1 N–H and O–H groups in total. The maximum Gasteiger partial charge on any atom is 0.135 e. The van der Waals surface area contributed by atoms with E-state index >= 15 is 0 Å². The maximum atomic E-state index is 13.1. The van der Waals surface area contributed by atoms with Crippen LogP contribution in [-0.2, 0) is 13.2 Å². The molecule has 0 unspecified atom stereocenters. The summed E-state index contributed by atoms with van der Waals surface area (Å²) in [5.74, 6) is 1.37. The van der Waals surface area contributed by atoms with E-state index in [1.165, 1.54) is 12.1 Å². The fourth-order valence-electron chi connectivity index (χ4n) is 1.89. The SMILES string of the molecule is CSCCCn1c(CO)nc2cc(F)ccc21. The van der Waals surface area contributed by atoms with Crippen molar-refractivity contribution in [2.24, 2.45) is 0 Å². The van der Waals surface area contributed by atoms with Crippen LogP contribution in [0.1, 0.15) is 12.2 Å². The van der Waals surface area contributed by atoms with E-state index in [9.17, 15) is 9.50 Å². The highest BCUT2D eigenvalue weighted by molar-refractivity contribution is 7.98. The molecule has 1 aromatic heterocycles. The number of halogens is 1. The fourth-order valence-corrected chi connectivity index (χ4v) is 2.31. The van der Waals surface area contributed by atoms with Crippen LogP contribution in [0.5, 0.6) is 0 Å². The van der Waals surface area contributed by atoms with Crippen molar-refractivity contribution in [1.82, 2.24) is 9.55 Å². The molecule has 1 heterocycles. The molecule has 1 aromatic carbocycles. The molecule has 0 aliphatic rings. The van der Waals surface area contributed by atoms with Gasteiger partial charge in [-0.2, -0.15) is 11.8 Å². The number of aromatic nitrogens is 2. The van der Waals surface area contributed by atoms with E-state index in [2.05, 4.69) is 11.2 Å². The number of hydrogen-bond donors (Lipinski definition) is 1. The van der Waals surface area contributed by atoms with E-state index in [0.717, 1.165) is 24.2 Å². The van der Waals surface area contributed by atoms with Gasteiger partial charge in [0, 0.05) is 12.6 Å². The van der Waals surface area contributed by atoms with Crippen LogP contribution in [0.2, 0.25) is 0 Å². The van der Waals surface area contributed by atoms with Gasteiger partial charge in [0.05, 0.1) is 11.0 Å². The second kappa shape index (κ2) is 5.51. The zero-order valence-corrected chi connectivity index (χ0v) is 10.5. The summed E-state index contributed by atoms with van der Waals surface area (Å²) < 4.78 is 15.0. The molecule has 0 saturated heterocycles. The molecule has 5 heteroatoms.